The number of amides is 1. The van der Waals surface area contributed by atoms with Gasteiger partial charge < -0.3 is 35.0 Å². The zero-order chi connectivity index (χ0) is 18.0. The number of ether oxygens (including phenoxy) is 2. The van der Waals surface area contributed by atoms with Gasteiger partial charge in [0.05, 0.1) is 17.8 Å². The fourth-order valence-electron chi connectivity index (χ4n) is 4.47. The van der Waals surface area contributed by atoms with Crippen molar-refractivity contribution in [1.82, 2.24) is 10.2 Å². The van der Waals surface area contributed by atoms with Gasteiger partial charge in [-0.05, 0) is 25.7 Å². The molecular formula is C17H22N2O6. The standard InChI is InChI=1S/C17H22N2O6/c1-6-11-9(12(19(2)3)15(22)13(6)20)7-4-8-16(25-5-24-8)14(21)10(7)17(23)18-11/h4,6,9,11-13,15,20-22H,5H2,1-3H3,(H,18,23)/t6-,9+,11-,12+,13-,15-/m0/s1. The highest BCUT2D eigenvalue weighted by atomic mass is 16.7. The molecule has 136 valence electrons. The van der Waals surface area contributed by atoms with Crippen LogP contribution in [0.4, 0.5) is 0 Å². The van der Waals surface area contributed by atoms with Crippen LogP contribution in [-0.2, 0) is 0 Å². The molecule has 0 unspecified atom stereocenters. The molecule has 1 aromatic rings. The summed E-state index contributed by atoms with van der Waals surface area (Å²) in [4.78, 5) is 14.5. The zero-order valence-corrected chi connectivity index (χ0v) is 14.3. The number of phenolic OH excluding ortho intramolecular Hbond substituents is 1. The zero-order valence-electron chi connectivity index (χ0n) is 14.3. The summed E-state index contributed by atoms with van der Waals surface area (Å²) in [6, 6.07) is 0.905. The fraction of sp³-hybridized carbons (Fsp3) is 0.588. The van der Waals surface area contributed by atoms with E-state index in [9.17, 15) is 20.1 Å². The van der Waals surface area contributed by atoms with E-state index in [2.05, 4.69) is 5.32 Å². The Kier molecular flexibility index (Phi) is 3.61. The van der Waals surface area contributed by atoms with E-state index in [4.69, 9.17) is 9.47 Å². The van der Waals surface area contributed by atoms with Crippen molar-refractivity contribution in [1.29, 1.82) is 0 Å². The second-order valence-electron chi connectivity index (χ2n) is 7.24. The molecule has 4 N–H and O–H groups in total. The van der Waals surface area contributed by atoms with E-state index >= 15 is 0 Å². The summed E-state index contributed by atoms with van der Waals surface area (Å²) in [6.45, 7) is 1.78. The summed E-state index contributed by atoms with van der Waals surface area (Å²) in [5, 5.41) is 34.5. The Balaban J connectivity index is 1.93. The van der Waals surface area contributed by atoms with Crippen molar-refractivity contribution in [3.8, 4) is 17.2 Å². The number of likely N-dealkylation sites (N-methyl/N-ethyl adjacent to an activating group) is 1. The summed E-state index contributed by atoms with van der Waals surface area (Å²) >= 11 is 0. The smallest absolute Gasteiger partial charge is 0.255 e. The van der Waals surface area contributed by atoms with E-state index in [1.807, 2.05) is 19.0 Å². The summed E-state index contributed by atoms with van der Waals surface area (Å²) < 4.78 is 10.7. The summed E-state index contributed by atoms with van der Waals surface area (Å²) in [6.07, 6.45) is -1.94. The lowest BCUT2D eigenvalue weighted by atomic mass is 9.65. The topological polar surface area (TPSA) is 111 Å². The van der Waals surface area contributed by atoms with Gasteiger partial charge in [0, 0.05) is 23.9 Å². The molecule has 0 radical (unpaired) electrons. The van der Waals surface area contributed by atoms with Crippen LogP contribution >= 0.6 is 0 Å². The van der Waals surface area contributed by atoms with Gasteiger partial charge in [-0.25, -0.2) is 0 Å². The molecule has 25 heavy (non-hydrogen) atoms. The van der Waals surface area contributed by atoms with Crippen LogP contribution in [0, 0.1) is 5.92 Å². The predicted octanol–water partition coefficient (Wildman–Crippen LogP) is -0.382. The minimum Gasteiger partial charge on any atom is -0.504 e. The lowest BCUT2D eigenvalue weighted by molar-refractivity contribution is -0.0994. The maximum Gasteiger partial charge on any atom is 0.255 e. The molecule has 8 nitrogen and oxygen atoms in total. The molecule has 6 atom stereocenters. The molecule has 1 saturated carbocycles. The first kappa shape index (κ1) is 16.4. The van der Waals surface area contributed by atoms with Gasteiger partial charge in [0.2, 0.25) is 12.5 Å². The van der Waals surface area contributed by atoms with E-state index in [0.29, 0.717) is 11.3 Å². The summed E-state index contributed by atoms with van der Waals surface area (Å²) in [5.41, 5.74) is 0.750. The van der Waals surface area contributed by atoms with Gasteiger partial charge in [0.1, 0.15) is 0 Å². The number of aliphatic hydroxyl groups is 2. The van der Waals surface area contributed by atoms with Crippen LogP contribution in [0.3, 0.4) is 0 Å². The van der Waals surface area contributed by atoms with Crippen molar-refractivity contribution in [2.24, 2.45) is 5.92 Å². The lowest BCUT2D eigenvalue weighted by Crippen LogP contribution is -2.66. The maximum absolute atomic E-state index is 12.6. The van der Waals surface area contributed by atoms with E-state index in [1.165, 1.54) is 0 Å². The largest absolute Gasteiger partial charge is 0.504 e. The highest BCUT2D eigenvalue weighted by molar-refractivity contribution is 6.01. The van der Waals surface area contributed by atoms with Crippen LogP contribution in [0.15, 0.2) is 6.07 Å². The third-order valence-electron chi connectivity index (χ3n) is 5.71. The highest BCUT2D eigenvalue weighted by Crippen LogP contribution is 2.51. The molecule has 2 heterocycles. The number of aromatic hydroxyl groups is 1. The molecule has 0 spiro atoms. The van der Waals surface area contributed by atoms with E-state index in [0.717, 1.165) is 0 Å². The van der Waals surface area contributed by atoms with Crippen molar-refractivity contribution in [2.45, 2.75) is 37.1 Å². The Bertz CT molecular complexity index is 736. The Labute approximate surface area is 145 Å². The maximum atomic E-state index is 12.6. The van der Waals surface area contributed by atoms with Crippen LogP contribution < -0.4 is 14.8 Å². The Morgan fingerprint density at radius 1 is 1.24 bits per heavy atom. The van der Waals surface area contributed by atoms with Crippen molar-refractivity contribution in [2.75, 3.05) is 20.9 Å². The number of aliphatic hydroxyl groups excluding tert-OH is 2. The number of nitrogens with one attached hydrogen (secondary N) is 1. The molecule has 1 aromatic carbocycles. The van der Waals surface area contributed by atoms with Gasteiger partial charge in [0.25, 0.3) is 5.91 Å². The van der Waals surface area contributed by atoms with Crippen molar-refractivity contribution >= 4 is 5.91 Å². The molecule has 0 aromatic heterocycles. The molecule has 2 aliphatic heterocycles. The monoisotopic (exact) mass is 350 g/mol. The molecule has 1 amide bonds. The SMILES string of the molecule is C[C@@H]1[C@H](O)[C@@H](O)[C@H](N(C)C)[C@@H]2c3cc4c(c(O)c3C(=O)N[C@@H]12)OCO4. The average Bonchev–Trinajstić information content (AvgIpc) is 3.02. The number of hydrogen-bond donors (Lipinski definition) is 4. The van der Waals surface area contributed by atoms with Gasteiger partial charge in [-0.15, -0.1) is 0 Å². The molecule has 3 aliphatic rings. The van der Waals surface area contributed by atoms with E-state index < -0.39 is 24.2 Å². The number of rotatable bonds is 1. The fourth-order valence-corrected chi connectivity index (χ4v) is 4.47. The molecule has 0 bridgehead atoms. The van der Waals surface area contributed by atoms with Gasteiger partial charge in [0.15, 0.2) is 11.5 Å². The van der Waals surface area contributed by atoms with Crippen molar-refractivity contribution < 1.29 is 29.6 Å². The number of hydrogen-bond acceptors (Lipinski definition) is 7. The average molecular weight is 350 g/mol. The molecular weight excluding hydrogens is 328 g/mol. The Hall–Kier alpha value is -2.03. The second-order valence-corrected chi connectivity index (χ2v) is 7.24. The number of carbonyl (C=O) groups is 1. The molecule has 4 rings (SSSR count). The summed E-state index contributed by atoms with van der Waals surface area (Å²) in [5.74, 6) is -0.766. The first-order chi connectivity index (χ1) is 11.8. The quantitative estimate of drug-likeness (QED) is 0.546. The van der Waals surface area contributed by atoms with Gasteiger partial charge in [-0.1, -0.05) is 6.92 Å². The number of nitrogens with zero attached hydrogens (tertiary/aromatic N) is 1. The van der Waals surface area contributed by atoms with E-state index in [1.54, 1.807) is 13.0 Å². The number of phenols is 1. The van der Waals surface area contributed by atoms with Crippen LogP contribution in [0.2, 0.25) is 0 Å². The minimum absolute atomic E-state index is 0.0175. The normalized spacial score (nSPS) is 36.0. The first-order valence-corrected chi connectivity index (χ1v) is 8.31. The second kappa shape index (κ2) is 5.48. The van der Waals surface area contributed by atoms with Crippen molar-refractivity contribution in [3.05, 3.63) is 17.2 Å². The van der Waals surface area contributed by atoms with Crippen LogP contribution in [0.25, 0.3) is 0 Å². The third kappa shape index (κ3) is 2.14. The summed E-state index contributed by atoms with van der Waals surface area (Å²) in [7, 11) is 3.63. The van der Waals surface area contributed by atoms with Gasteiger partial charge >= 0.3 is 0 Å². The first-order valence-electron chi connectivity index (χ1n) is 8.31. The molecule has 1 fully saturated rings. The van der Waals surface area contributed by atoms with Gasteiger partial charge in [-0.2, -0.15) is 0 Å². The lowest BCUT2D eigenvalue weighted by Gasteiger charge is -2.52. The van der Waals surface area contributed by atoms with Gasteiger partial charge in [-0.3, -0.25) is 4.79 Å². The minimum atomic E-state index is -0.985. The van der Waals surface area contributed by atoms with Crippen molar-refractivity contribution in [3.63, 3.8) is 0 Å². The number of carbonyl (C=O) groups excluding carboxylic acids is 1. The molecule has 1 aliphatic carbocycles. The predicted molar refractivity (Wildman–Crippen MR) is 86.9 cm³/mol. The Morgan fingerprint density at radius 3 is 2.64 bits per heavy atom. The number of benzene rings is 1. The van der Waals surface area contributed by atoms with Crippen LogP contribution in [0.1, 0.15) is 28.8 Å². The van der Waals surface area contributed by atoms with E-state index in [-0.39, 0.29) is 41.7 Å². The molecule has 0 saturated heterocycles. The Morgan fingerprint density at radius 2 is 1.96 bits per heavy atom. The highest BCUT2D eigenvalue weighted by Gasteiger charge is 2.53. The molecule has 8 heteroatoms. The number of fused-ring (bicyclic) bond motifs is 4. The third-order valence-corrected chi connectivity index (χ3v) is 5.71. The van der Waals surface area contributed by atoms with Crippen LogP contribution in [-0.4, -0.2) is 71.3 Å². The van der Waals surface area contributed by atoms with Crippen LogP contribution in [0.5, 0.6) is 17.2 Å².